The molecule has 0 aliphatic carbocycles. The van der Waals surface area contributed by atoms with E-state index < -0.39 is 0 Å². The van der Waals surface area contributed by atoms with Crippen LogP contribution in [-0.4, -0.2) is 34.5 Å². The van der Waals surface area contributed by atoms with Crippen LogP contribution in [0.3, 0.4) is 0 Å². The average Bonchev–Trinajstić information content (AvgIpc) is 3.18. The highest BCUT2D eigenvalue weighted by Crippen LogP contribution is 2.27. The molecule has 0 saturated carbocycles. The molecule has 0 radical (unpaired) electrons. The summed E-state index contributed by atoms with van der Waals surface area (Å²) < 4.78 is 2.09. The van der Waals surface area contributed by atoms with E-state index in [4.69, 9.17) is 4.98 Å². The fourth-order valence-corrected chi connectivity index (χ4v) is 4.51. The third kappa shape index (κ3) is 5.51. The number of fused-ring (bicyclic) bond motifs is 2. The van der Waals surface area contributed by atoms with Crippen LogP contribution in [0, 0.1) is 0 Å². The van der Waals surface area contributed by atoms with E-state index in [1.165, 1.54) is 5.56 Å². The van der Waals surface area contributed by atoms with Crippen molar-refractivity contribution in [2.24, 2.45) is 0 Å². The highest BCUT2D eigenvalue weighted by Gasteiger charge is 2.23. The lowest BCUT2D eigenvalue weighted by molar-refractivity contribution is -0.119. The molecule has 3 aromatic rings. The van der Waals surface area contributed by atoms with Crippen molar-refractivity contribution in [2.75, 3.05) is 18.0 Å². The number of nitrogens with one attached hydrogen (secondary N) is 1. The number of unbranched alkanes of at least 4 members (excludes halogenated alkanes) is 2. The Hall–Kier alpha value is -3.41. The number of anilines is 1. The van der Waals surface area contributed by atoms with Gasteiger partial charge in [0.15, 0.2) is 0 Å². The maximum atomic E-state index is 13.4. The largest absolute Gasteiger partial charge is 0.353 e. The maximum absolute atomic E-state index is 13.4. The van der Waals surface area contributed by atoms with Gasteiger partial charge in [-0.05, 0) is 62.4 Å². The summed E-state index contributed by atoms with van der Waals surface area (Å²) in [5.74, 6) is 1.02. The number of aromatic nitrogens is 2. The third-order valence-corrected chi connectivity index (χ3v) is 6.13. The second-order valence-corrected chi connectivity index (χ2v) is 8.48. The van der Waals surface area contributed by atoms with Crippen LogP contribution in [0.2, 0.25) is 0 Å². The molecule has 6 nitrogen and oxygen atoms in total. The van der Waals surface area contributed by atoms with Crippen LogP contribution in [0.1, 0.15) is 44.0 Å². The molecule has 2 amide bonds. The quantitative estimate of drug-likeness (QED) is 0.392. The molecule has 0 fully saturated rings. The van der Waals surface area contributed by atoms with Gasteiger partial charge >= 0.3 is 0 Å². The van der Waals surface area contributed by atoms with Crippen molar-refractivity contribution in [3.05, 3.63) is 72.1 Å². The van der Waals surface area contributed by atoms with Crippen molar-refractivity contribution >= 4 is 28.5 Å². The van der Waals surface area contributed by atoms with Gasteiger partial charge in [-0.25, -0.2) is 4.98 Å². The van der Waals surface area contributed by atoms with Crippen LogP contribution in [0.5, 0.6) is 0 Å². The first-order chi connectivity index (χ1) is 16.2. The van der Waals surface area contributed by atoms with Gasteiger partial charge in [-0.1, -0.05) is 42.8 Å². The number of allylic oxidation sites excluding steroid dienone is 1. The summed E-state index contributed by atoms with van der Waals surface area (Å²) >= 11 is 0. The Morgan fingerprint density at radius 3 is 2.76 bits per heavy atom. The molecular formula is C27H32N4O2. The number of carbonyl (C=O) groups excluding carboxylic acids is 2. The molecule has 0 saturated heterocycles. The van der Waals surface area contributed by atoms with Crippen LogP contribution in [0.25, 0.3) is 11.0 Å². The van der Waals surface area contributed by atoms with E-state index in [0.717, 1.165) is 67.6 Å². The van der Waals surface area contributed by atoms with Crippen LogP contribution in [0.15, 0.2) is 60.7 Å². The predicted octanol–water partition coefficient (Wildman–Crippen LogP) is 4.42. The SMILES string of the molecule is C/C=C/C(=O)NCCCCCc1nc2ccccc2n1CC(=O)N1CCCc2ccccc21. The van der Waals surface area contributed by atoms with Crippen LogP contribution < -0.4 is 10.2 Å². The van der Waals surface area contributed by atoms with Crippen molar-refractivity contribution in [3.63, 3.8) is 0 Å². The number of hydrogen-bond acceptors (Lipinski definition) is 3. The Morgan fingerprint density at radius 2 is 1.88 bits per heavy atom. The maximum Gasteiger partial charge on any atom is 0.246 e. The first-order valence-electron chi connectivity index (χ1n) is 11.9. The second-order valence-electron chi connectivity index (χ2n) is 8.48. The van der Waals surface area contributed by atoms with Gasteiger partial charge in [-0.15, -0.1) is 0 Å². The molecule has 1 N–H and O–H groups in total. The molecular weight excluding hydrogens is 412 g/mol. The zero-order valence-corrected chi connectivity index (χ0v) is 19.3. The molecule has 0 spiro atoms. The first-order valence-corrected chi connectivity index (χ1v) is 11.9. The van der Waals surface area contributed by atoms with Gasteiger partial charge in [-0.3, -0.25) is 9.59 Å². The van der Waals surface area contributed by atoms with Gasteiger partial charge in [0.2, 0.25) is 11.8 Å². The number of aryl methyl sites for hydroxylation is 2. The number of amides is 2. The summed E-state index contributed by atoms with van der Waals surface area (Å²) in [7, 11) is 0. The number of imidazole rings is 1. The van der Waals surface area contributed by atoms with E-state index in [9.17, 15) is 9.59 Å². The molecule has 33 heavy (non-hydrogen) atoms. The Kier molecular flexibility index (Phi) is 7.55. The van der Waals surface area contributed by atoms with Crippen molar-refractivity contribution < 1.29 is 9.59 Å². The Morgan fingerprint density at radius 1 is 1.06 bits per heavy atom. The van der Waals surface area contributed by atoms with Crippen molar-refractivity contribution in [1.82, 2.24) is 14.9 Å². The zero-order valence-electron chi connectivity index (χ0n) is 19.3. The first kappa shape index (κ1) is 22.8. The zero-order chi connectivity index (χ0) is 23.0. The number of carbonyl (C=O) groups is 2. The fraction of sp³-hybridized carbons (Fsp3) is 0.370. The van der Waals surface area contributed by atoms with E-state index in [-0.39, 0.29) is 11.8 Å². The summed E-state index contributed by atoms with van der Waals surface area (Å²) in [6, 6.07) is 16.2. The number of benzene rings is 2. The fourth-order valence-electron chi connectivity index (χ4n) is 4.51. The van der Waals surface area contributed by atoms with Gasteiger partial charge in [0.05, 0.1) is 11.0 Å². The molecule has 172 valence electrons. The molecule has 0 atom stereocenters. The summed E-state index contributed by atoms with van der Waals surface area (Å²) in [4.78, 5) is 31.7. The minimum absolute atomic E-state index is 0.0444. The summed E-state index contributed by atoms with van der Waals surface area (Å²) in [6.07, 6.45) is 8.98. The number of rotatable bonds is 9. The molecule has 2 heterocycles. The van der Waals surface area contributed by atoms with Gasteiger partial charge in [0, 0.05) is 25.2 Å². The number of nitrogens with zero attached hydrogens (tertiary/aromatic N) is 3. The van der Waals surface area contributed by atoms with Crippen LogP contribution in [-0.2, 0) is 29.0 Å². The molecule has 1 aliphatic heterocycles. The molecule has 4 rings (SSSR count). The number of para-hydroxylation sites is 3. The molecule has 0 unspecified atom stereocenters. The number of hydrogen-bond donors (Lipinski definition) is 1. The van der Waals surface area contributed by atoms with Crippen LogP contribution >= 0.6 is 0 Å². The smallest absolute Gasteiger partial charge is 0.246 e. The lowest BCUT2D eigenvalue weighted by atomic mass is 10.0. The summed E-state index contributed by atoms with van der Waals surface area (Å²) in [5.41, 5.74) is 4.22. The van der Waals surface area contributed by atoms with Gasteiger partial charge in [-0.2, -0.15) is 0 Å². The van der Waals surface area contributed by atoms with Gasteiger partial charge in [0.1, 0.15) is 12.4 Å². The topological polar surface area (TPSA) is 67.2 Å². The second kappa shape index (κ2) is 10.9. The lowest BCUT2D eigenvalue weighted by Gasteiger charge is -2.29. The van der Waals surface area contributed by atoms with E-state index in [1.807, 2.05) is 48.2 Å². The van der Waals surface area contributed by atoms with E-state index in [0.29, 0.717) is 13.1 Å². The van der Waals surface area contributed by atoms with E-state index >= 15 is 0 Å². The minimum Gasteiger partial charge on any atom is -0.353 e. The standard InChI is InChI=1S/C27H32N4O2/c1-2-11-26(32)28-18-9-3-4-17-25-29-22-14-6-8-16-24(22)31(25)20-27(33)30-19-10-13-21-12-5-7-15-23(21)30/h2,5-8,11-12,14-16H,3-4,9-10,13,17-20H2,1H3,(H,28,32)/b11-2+. The molecule has 0 bridgehead atoms. The summed E-state index contributed by atoms with van der Waals surface area (Å²) in [5, 5.41) is 2.89. The predicted molar refractivity (Wildman–Crippen MR) is 132 cm³/mol. The molecule has 6 heteroatoms. The van der Waals surface area contributed by atoms with Crippen molar-refractivity contribution in [3.8, 4) is 0 Å². The summed E-state index contributed by atoms with van der Waals surface area (Å²) in [6.45, 7) is 3.56. The average molecular weight is 445 g/mol. The van der Waals surface area contributed by atoms with Crippen molar-refractivity contribution in [2.45, 2.75) is 52.0 Å². The minimum atomic E-state index is -0.0444. The van der Waals surface area contributed by atoms with Crippen molar-refractivity contribution in [1.29, 1.82) is 0 Å². The van der Waals surface area contributed by atoms with Gasteiger partial charge in [0.25, 0.3) is 0 Å². The lowest BCUT2D eigenvalue weighted by Crippen LogP contribution is -2.38. The molecule has 2 aromatic carbocycles. The van der Waals surface area contributed by atoms with E-state index in [2.05, 4.69) is 22.0 Å². The Balaban J connectivity index is 1.43. The third-order valence-electron chi connectivity index (χ3n) is 6.13. The highest BCUT2D eigenvalue weighted by atomic mass is 16.2. The monoisotopic (exact) mass is 444 g/mol. The molecule has 1 aliphatic rings. The Labute approximate surface area is 195 Å². The Bertz CT molecular complexity index is 1150. The van der Waals surface area contributed by atoms with E-state index in [1.54, 1.807) is 12.2 Å². The van der Waals surface area contributed by atoms with Crippen LogP contribution in [0.4, 0.5) is 5.69 Å². The highest BCUT2D eigenvalue weighted by molar-refractivity contribution is 5.95. The van der Waals surface area contributed by atoms with Gasteiger partial charge < -0.3 is 14.8 Å². The normalized spacial score (nSPS) is 13.4. The molecule has 1 aromatic heterocycles.